The lowest BCUT2D eigenvalue weighted by molar-refractivity contribution is -0.927. The topological polar surface area (TPSA) is 0 Å². The number of nitrogens with zero attached hydrogens (tertiary/aromatic N) is 1. The van der Waals surface area contributed by atoms with E-state index in [0.717, 1.165) is 4.48 Å². The summed E-state index contributed by atoms with van der Waals surface area (Å²) in [6.45, 7) is 10.7. The van der Waals surface area contributed by atoms with Crippen molar-refractivity contribution in [1.82, 2.24) is 0 Å². The number of rotatable bonds is 13. The Morgan fingerprint density at radius 1 is 0.810 bits per heavy atom. The summed E-state index contributed by atoms with van der Waals surface area (Å²) >= 11 is 2.51. The summed E-state index contributed by atoms with van der Waals surface area (Å²) in [6.07, 6.45) is 17.7. The smallest absolute Gasteiger partial charge is 0.200 e. The minimum atomic E-state index is 0. The van der Waals surface area contributed by atoms with Crippen LogP contribution in [-0.4, -0.2) is 28.2 Å². The van der Waals surface area contributed by atoms with Gasteiger partial charge in [0.25, 0.3) is 0 Å². The molecule has 0 saturated carbocycles. The lowest BCUT2D eigenvalue weighted by Gasteiger charge is -2.41. The lowest BCUT2D eigenvalue weighted by atomic mass is 10.1. The van der Waals surface area contributed by atoms with Gasteiger partial charge in [-0.2, -0.15) is 0 Å². The molecule has 0 N–H and O–H groups in total. The molecule has 1 atom stereocenters. The average Bonchev–Trinajstić information content (AvgIpc) is 2.46. The standard InChI is InChI=1S/C18H35IN.ClH/c1-5-9-12-15-20(18(19)8-4,16-13-10-6-2)17-14-11-7-3;/h4,18H,5-7,9-17H2,1-3H3;1H/q+1;/p-1. The molecule has 0 bridgehead atoms. The second-order valence-electron chi connectivity index (χ2n) is 6.01. The first kappa shape index (κ1) is 23.8. The lowest BCUT2D eigenvalue weighted by Crippen LogP contribution is -3.00. The van der Waals surface area contributed by atoms with Gasteiger partial charge < -0.3 is 16.9 Å². The van der Waals surface area contributed by atoms with Crippen LogP contribution in [0.1, 0.15) is 78.6 Å². The monoisotopic (exact) mass is 427 g/mol. The maximum atomic E-state index is 5.80. The molecule has 0 amide bonds. The molecule has 0 aromatic carbocycles. The number of halogens is 2. The molecule has 0 radical (unpaired) electrons. The van der Waals surface area contributed by atoms with Gasteiger partial charge in [0.05, 0.1) is 19.6 Å². The maximum Gasteiger partial charge on any atom is 0.200 e. The van der Waals surface area contributed by atoms with Crippen LogP contribution in [0, 0.1) is 12.3 Å². The molecule has 0 spiro atoms. The van der Waals surface area contributed by atoms with Crippen LogP contribution >= 0.6 is 22.6 Å². The zero-order valence-electron chi connectivity index (χ0n) is 14.3. The van der Waals surface area contributed by atoms with Gasteiger partial charge >= 0.3 is 0 Å². The quantitative estimate of drug-likeness (QED) is 0.106. The van der Waals surface area contributed by atoms with Crippen LogP contribution in [0.4, 0.5) is 0 Å². The third kappa shape index (κ3) is 10.0. The van der Waals surface area contributed by atoms with Gasteiger partial charge in [0.2, 0.25) is 4.05 Å². The van der Waals surface area contributed by atoms with Crippen LogP contribution in [0.15, 0.2) is 0 Å². The molecule has 0 fully saturated rings. The highest BCUT2D eigenvalue weighted by Gasteiger charge is 2.32. The van der Waals surface area contributed by atoms with E-state index in [1.165, 1.54) is 77.4 Å². The van der Waals surface area contributed by atoms with Crippen molar-refractivity contribution in [2.45, 2.75) is 82.6 Å². The minimum Gasteiger partial charge on any atom is -1.00 e. The molecule has 0 aliphatic heterocycles. The normalized spacial score (nSPS) is 12.5. The van der Waals surface area contributed by atoms with Gasteiger partial charge in [0.15, 0.2) is 0 Å². The molecule has 126 valence electrons. The van der Waals surface area contributed by atoms with Gasteiger partial charge in [-0.1, -0.05) is 40.0 Å². The second-order valence-corrected chi connectivity index (χ2v) is 7.19. The van der Waals surface area contributed by atoms with E-state index in [-0.39, 0.29) is 12.4 Å². The van der Waals surface area contributed by atoms with Crippen molar-refractivity contribution in [3.8, 4) is 12.3 Å². The first-order chi connectivity index (χ1) is 9.66. The highest BCUT2D eigenvalue weighted by molar-refractivity contribution is 14.1. The maximum absolute atomic E-state index is 5.80. The number of hydrogen-bond acceptors (Lipinski definition) is 0. The Balaban J connectivity index is 0. The van der Waals surface area contributed by atoms with Crippen molar-refractivity contribution in [2.75, 3.05) is 19.6 Å². The summed E-state index contributed by atoms with van der Waals surface area (Å²) < 4.78 is 1.51. The molecular formula is C18H35ClIN. The predicted molar refractivity (Wildman–Crippen MR) is 100 cm³/mol. The molecule has 1 unspecified atom stereocenters. The second kappa shape index (κ2) is 15.4. The van der Waals surface area contributed by atoms with Crippen molar-refractivity contribution in [2.24, 2.45) is 0 Å². The van der Waals surface area contributed by atoms with Crippen molar-refractivity contribution < 1.29 is 16.9 Å². The first-order valence-electron chi connectivity index (χ1n) is 8.62. The van der Waals surface area contributed by atoms with Gasteiger partial charge in [0, 0.05) is 22.6 Å². The number of terminal acetylenes is 1. The van der Waals surface area contributed by atoms with Crippen LogP contribution in [-0.2, 0) is 0 Å². The zero-order chi connectivity index (χ0) is 15.3. The molecule has 0 rings (SSSR count). The number of alkyl halides is 1. The van der Waals surface area contributed by atoms with Crippen molar-refractivity contribution in [1.29, 1.82) is 0 Å². The number of unbranched alkanes of at least 4 members (excludes halogenated alkanes) is 6. The van der Waals surface area contributed by atoms with Crippen LogP contribution in [0.2, 0.25) is 0 Å². The van der Waals surface area contributed by atoms with E-state index in [1.54, 1.807) is 0 Å². The molecule has 1 nitrogen and oxygen atoms in total. The van der Waals surface area contributed by atoms with Crippen molar-refractivity contribution in [3.63, 3.8) is 0 Å². The third-order valence-corrected chi connectivity index (χ3v) is 5.78. The molecule has 21 heavy (non-hydrogen) atoms. The molecule has 0 aromatic heterocycles. The van der Waals surface area contributed by atoms with Crippen LogP contribution in [0.3, 0.4) is 0 Å². The Morgan fingerprint density at radius 3 is 1.38 bits per heavy atom. The summed E-state index contributed by atoms with van der Waals surface area (Å²) in [5.74, 6) is 3.05. The van der Waals surface area contributed by atoms with Crippen LogP contribution < -0.4 is 12.4 Å². The Morgan fingerprint density at radius 2 is 1.14 bits per heavy atom. The van der Waals surface area contributed by atoms with E-state index in [1.807, 2.05) is 0 Å². The van der Waals surface area contributed by atoms with Gasteiger partial charge in [-0.15, -0.1) is 6.42 Å². The fourth-order valence-electron chi connectivity index (χ4n) is 2.86. The minimum absolute atomic E-state index is 0. The zero-order valence-corrected chi connectivity index (χ0v) is 17.3. The highest BCUT2D eigenvalue weighted by Crippen LogP contribution is 2.24. The Labute approximate surface area is 153 Å². The molecule has 3 heteroatoms. The largest absolute Gasteiger partial charge is 1.00 e. The molecule has 0 aliphatic rings. The van der Waals surface area contributed by atoms with E-state index in [2.05, 4.69) is 49.3 Å². The first-order valence-corrected chi connectivity index (χ1v) is 9.87. The molecule has 0 saturated heterocycles. The van der Waals surface area contributed by atoms with E-state index >= 15 is 0 Å². The molecule has 0 heterocycles. The Hall–Kier alpha value is 0.540. The predicted octanol–water partition coefficient (Wildman–Crippen LogP) is 2.77. The van der Waals surface area contributed by atoms with E-state index in [0.29, 0.717) is 4.05 Å². The Kier molecular flexibility index (Phi) is 17.5. The molecule has 0 aromatic rings. The summed E-state index contributed by atoms with van der Waals surface area (Å²) in [7, 11) is 0. The van der Waals surface area contributed by atoms with Gasteiger partial charge in [-0.05, 0) is 44.4 Å². The summed E-state index contributed by atoms with van der Waals surface area (Å²) in [5.41, 5.74) is 0. The van der Waals surface area contributed by atoms with Crippen LogP contribution in [0.25, 0.3) is 0 Å². The molecule has 0 aliphatic carbocycles. The Bertz CT molecular complexity index is 236. The summed E-state index contributed by atoms with van der Waals surface area (Å²) in [5, 5.41) is 0. The van der Waals surface area contributed by atoms with Gasteiger partial charge in [-0.3, -0.25) is 0 Å². The van der Waals surface area contributed by atoms with E-state index in [4.69, 9.17) is 6.42 Å². The van der Waals surface area contributed by atoms with Gasteiger partial charge in [0.1, 0.15) is 0 Å². The summed E-state index contributed by atoms with van der Waals surface area (Å²) in [6, 6.07) is 0. The number of quaternary nitrogens is 1. The fourth-order valence-corrected chi connectivity index (χ4v) is 3.70. The third-order valence-electron chi connectivity index (χ3n) is 4.24. The highest BCUT2D eigenvalue weighted by atomic mass is 127. The van der Waals surface area contributed by atoms with Gasteiger partial charge in [-0.25, -0.2) is 0 Å². The SMILES string of the molecule is C#CC(I)[N+](CCCCC)(CCCCC)CCCCC.[Cl-]. The van der Waals surface area contributed by atoms with Crippen molar-refractivity contribution in [3.05, 3.63) is 0 Å². The van der Waals surface area contributed by atoms with Crippen LogP contribution in [0.5, 0.6) is 0 Å². The van der Waals surface area contributed by atoms with E-state index in [9.17, 15) is 0 Å². The van der Waals surface area contributed by atoms with Crippen molar-refractivity contribution >= 4 is 22.6 Å². The molecular weight excluding hydrogens is 393 g/mol. The average molecular weight is 428 g/mol. The summed E-state index contributed by atoms with van der Waals surface area (Å²) in [4.78, 5) is 0. The fraction of sp³-hybridized carbons (Fsp3) is 0.889. The van der Waals surface area contributed by atoms with E-state index < -0.39 is 0 Å². The number of hydrogen-bond donors (Lipinski definition) is 0.